The van der Waals surface area contributed by atoms with E-state index in [2.05, 4.69) is 57.2 Å². The fraction of sp³-hybridized carbons (Fsp3) is 0.849. The highest BCUT2D eigenvalue weighted by Gasteiger charge is 2.17. The number of esters is 2. The van der Waals surface area contributed by atoms with E-state index in [0.29, 0.717) is 19.4 Å². The second-order valence-electron chi connectivity index (χ2n) is 17.1. The Morgan fingerprint density at radius 2 is 0.724 bits per heavy atom. The molecule has 0 rings (SSSR count). The first kappa shape index (κ1) is 56.1. The number of ether oxygens (including phenoxy) is 3. The predicted octanol–water partition coefficient (Wildman–Crippen LogP) is 17.0. The maximum Gasteiger partial charge on any atom is 0.306 e. The molecular weight excluding hydrogens is 717 g/mol. The molecular formula is C53H98O5. The van der Waals surface area contributed by atoms with Crippen LogP contribution in [-0.4, -0.2) is 37.9 Å². The third-order valence-electron chi connectivity index (χ3n) is 11.1. The van der Waals surface area contributed by atoms with Gasteiger partial charge in [0, 0.05) is 19.4 Å². The average Bonchev–Trinajstić information content (AvgIpc) is 3.22. The zero-order valence-corrected chi connectivity index (χ0v) is 39.1. The Kier molecular flexibility index (Phi) is 47.9. The molecule has 0 bridgehead atoms. The Morgan fingerprint density at radius 1 is 0.379 bits per heavy atom. The number of hydrogen-bond donors (Lipinski definition) is 0. The fourth-order valence-electron chi connectivity index (χ4n) is 7.30. The molecule has 1 unspecified atom stereocenters. The van der Waals surface area contributed by atoms with Gasteiger partial charge in [0.25, 0.3) is 0 Å². The molecule has 0 N–H and O–H groups in total. The molecule has 0 aliphatic carbocycles. The smallest absolute Gasteiger partial charge is 0.306 e. The van der Waals surface area contributed by atoms with Crippen LogP contribution in [0.1, 0.15) is 265 Å². The van der Waals surface area contributed by atoms with Crippen LogP contribution < -0.4 is 0 Å². The molecule has 0 aromatic carbocycles. The number of carbonyl (C=O) groups is 2. The number of rotatable bonds is 47. The minimum Gasteiger partial charge on any atom is -0.462 e. The van der Waals surface area contributed by atoms with E-state index >= 15 is 0 Å². The molecule has 340 valence electrons. The largest absolute Gasteiger partial charge is 0.462 e. The standard InChI is InChI=1S/C53H98O5/c1-4-7-10-13-16-19-22-25-27-29-31-34-37-40-43-46-52(54)57-50-51(49-56-48-45-42-39-36-33-24-21-18-15-12-9-6-3)58-53(55)47-44-41-38-35-32-30-28-26-23-20-17-14-11-8-5-2/h16,19,25-28,51H,4-15,17-18,20-24,29-50H2,1-3H3/b19-16-,27-25-,28-26-. The number of unbranched alkanes of at least 4 members (excludes halogenated alkanes) is 30. The van der Waals surface area contributed by atoms with Gasteiger partial charge in [-0.1, -0.05) is 211 Å². The van der Waals surface area contributed by atoms with Crippen molar-refractivity contribution in [2.75, 3.05) is 19.8 Å². The van der Waals surface area contributed by atoms with Gasteiger partial charge in [-0.05, 0) is 77.0 Å². The van der Waals surface area contributed by atoms with Crippen LogP contribution in [0.2, 0.25) is 0 Å². The Bertz CT molecular complexity index is 924. The molecule has 5 nitrogen and oxygen atoms in total. The lowest BCUT2D eigenvalue weighted by Gasteiger charge is -2.18. The van der Waals surface area contributed by atoms with Crippen molar-refractivity contribution in [3.63, 3.8) is 0 Å². The maximum atomic E-state index is 12.8. The summed E-state index contributed by atoms with van der Waals surface area (Å²) in [6.07, 6.45) is 58.5. The molecule has 0 spiro atoms. The van der Waals surface area contributed by atoms with Gasteiger partial charge in [-0.15, -0.1) is 0 Å². The van der Waals surface area contributed by atoms with Crippen molar-refractivity contribution in [1.82, 2.24) is 0 Å². The minimum atomic E-state index is -0.540. The van der Waals surface area contributed by atoms with Crippen molar-refractivity contribution >= 4 is 11.9 Å². The second kappa shape index (κ2) is 49.5. The lowest BCUT2D eigenvalue weighted by atomic mass is 10.1. The molecule has 1 atom stereocenters. The highest BCUT2D eigenvalue weighted by Crippen LogP contribution is 2.14. The lowest BCUT2D eigenvalue weighted by molar-refractivity contribution is -0.163. The van der Waals surface area contributed by atoms with Crippen molar-refractivity contribution in [2.24, 2.45) is 0 Å². The average molecular weight is 815 g/mol. The Morgan fingerprint density at radius 3 is 1.19 bits per heavy atom. The van der Waals surface area contributed by atoms with Crippen LogP contribution in [0.25, 0.3) is 0 Å². The Labute approximate surface area is 361 Å². The normalized spacial score (nSPS) is 12.4. The monoisotopic (exact) mass is 815 g/mol. The van der Waals surface area contributed by atoms with Crippen LogP contribution in [0.15, 0.2) is 36.5 Å². The van der Waals surface area contributed by atoms with E-state index in [-0.39, 0.29) is 25.2 Å². The van der Waals surface area contributed by atoms with Gasteiger partial charge in [0.2, 0.25) is 0 Å². The molecule has 0 aliphatic rings. The topological polar surface area (TPSA) is 61.8 Å². The quantitative estimate of drug-likeness (QED) is 0.0348. The SMILES string of the molecule is CCCCC/C=C\C/C=C\CCCCCCCC(=O)OCC(COCCCCCCCCCCCCCC)OC(=O)CCCCCCC/C=C\CCCCCCCC. The molecule has 0 aromatic rings. The van der Waals surface area contributed by atoms with Gasteiger partial charge < -0.3 is 14.2 Å². The maximum absolute atomic E-state index is 12.8. The Hall–Kier alpha value is -1.88. The molecule has 5 heteroatoms. The number of allylic oxidation sites excluding steroid dienone is 6. The molecule has 0 aliphatic heterocycles. The molecule has 0 amide bonds. The second-order valence-corrected chi connectivity index (χ2v) is 17.1. The summed E-state index contributed by atoms with van der Waals surface area (Å²) in [6, 6.07) is 0. The highest BCUT2D eigenvalue weighted by molar-refractivity contribution is 5.70. The van der Waals surface area contributed by atoms with Crippen LogP contribution in [-0.2, 0) is 23.8 Å². The van der Waals surface area contributed by atoms with E-state index in [1.54, 1.807) is 0 Å². The number of carbonyl (C=O) groups excluding carboxylic acids is 2. The van der Waals surface area contributed by atoms with Crippen molar-refractivity contribution in [2.45, 2.75) is 271 Å². The molecule has 0 saturated heterocycles. The Balaban J connectivity index is 4.27. The van der Waals surface area contributed by atoms with Crippen LogP contribution in [0, 0.1) is 0 Å². The first-order valence-corrected chi connectivity index (χ1v) is 25.5. The van der Waals surface area contributed by atoms with Crippen LogP contribution >= 0.6 is 0 Å². The highest BCUT2D eigenvalue weighted by atomic mass is 16.6. The summed E-state index contributed by atoms with van der Waals surface area (Å²) < 4.78 is 17.4. The molecule has 0 radical (unpaired) electrons. The molecule has 0 heterocycles. The van der Waals surface area contributed by atoms with Gasteiger partial charge in [0.1, 0.15) is 6.61 Å². The van der Waals surface area contributed by atoms with E-state index in [1.807, 2.05) is 0 Å². The van der Waals surface area contributed by atoms with Crippen molar-refractivity contribution in [3.05, 3.63) is 36.5 Å². The summed E-state index contributed by atoms with van der Waals surface area (Å²) >= 11 is 0. The van der Waals surface area contributed by atoms with Gasteiger partial charge in [-0.25, -0.2) is 0 Å². The molecule has 0 aromatic heterocycles. The molecule has 0 saturated carbocycles. The summed E-state index contributed by atoms with van der Waals surface area (Å²) in [6.45, 7) is 7.81. The van der Waals surface area contributed by atoms with Gasteiger partial charge in [0.15, 0.2) is 6.10 Å². The summed E-state index contributed by atoms with van der Waals surface area (Å²) in [5.74, 6) is -0.411. The van der Waals surface area contributed by atoms with E-state index in [1.165, 1.54) is 167 Å². The first-order valence-electron chi connectivity index (χ1n) is 25.5. The van der Waals surface area contributed by atoms with Crippen LogP contribution in [0.3, 0.4) is 0 Å². The van der Waals surface area contributed by atoms with Crippen LogP contribution in [0.4, 0.5) is 0 Å². The van der Waals surface area contributed by atoms with Crippen LogP contribution in [0.5, 0.6) is 0 Å². The summed E-state index contributed by atoms with van der Waals surface area (Å²) in [5, 5.41) is 0. The summed E-state index contributed by atoms with van der Waals surface area (Å²) in [4.78, 5) is 25.3. The van der Waals surface area contributed by atoms with Crippen molar-refractivity contribution in [3.8, 4) is 0 Å². The summed E-state index contributed by atoms with van der Waals surface area (Å²) in [7, 11) is 0. The fourth-order valence-corrected chi connectivity index (χ4v) is 7.30. The van der Waals surface area contributed by atoms with E-state index in [4.69, 9.17) is 14.2 Å². The first-order chi connectivity index (χ1) is 28.6. The predicted molar refractivity (Wildman–Crippen MR) is 252 cm³/mol. The third kappa shape index (κ3) is 46.8. The zero-order chi connectivity index (χ0) is 42.1. The van der Waals surface area contributed by atoms with E-state index in [0.717, 1.165) is 64.2 Å². The van der Waals surface area contributed by atoms with Gasteiger partial charge in [0.05, 0.1) is 6.61 Å². The molecule has 58 heavy (non-hydrogen) atoms. The van der Waals surface area contributed by atoms with Crippen molar-refractivity contribution in [1.29, 1.82) is 0 Å². The zero-order valence-electron chi connectivity index (χ0n) is 39.1. The van der Waals surface area contributed by atoms with Gasteiger partial charge in [-0.2, -0.15) is 0 Å². The third-order valence-corrected chi connectivity index (χ3v) is 11.1. The minimum absolute atomic E-state index is 0.0790. The van der Waals surface area contributed by atoms with Gasteiger partial charge in [-0.3, -0.25) is 9.59 Å². The van der Waals surface area contributed by atoms with E-state index < -0.39 is 6.10 Å². The van der Waals surface area contributed by atoms with Crippen molar-refractivity contribution < 1.29 is 23.8 Å². The molecule has 0 fully saturated rings. The van der Waals surface area contributed by atoms with Gasteiger partial charge >= 0.3 is 11.9 Å². The summed E-state index contributed by atoms with van der Waals surface area (Å²) in [5.41, 5.74) is 0. The number of hydrogen-bond acceptors (Lipinski definition) is 5. The lowest BCUT2D eigenvalue weighted by Crippen LogP contribution is -2.30. The van der Waals surface area contributed by atoms with E-state index in [9.17, 15) is 9.59 Å².